The molecule has 24 heavy (non-hydrogen) atoms. The van der Waals surface area contributed by atoms with Crippen molar-refractivity contribution in [2.24, 2.45) is 0 Å². The number of nitrogens with two attached hydrogens (primary N) is 1. The molecule has 0 atom stereocenters. The van der Waals surface area contributed by atoms with Crippen molar-refractivity contribution in [1.29, 1.82) is 0 Å². The highest BCUT2D eigenvalue weighted by molar-refractivity contribution is 9.10. The van der Waals surface area contributed by atoms with Crippen LogP contribution in [0.15, 0.2) is 40.9 Å². The van der Waals surface area contributed by atoms with Gasteiger partial charge in [0.15, 0.2) is 6.61 Å². The number of ether oxygens (including phenoxy) is 2. The zero-order chi connectivity index (χ0) is 17.7. The van der Waals surface area contributed by atoms with Gasteiger partial charge in [0, 0.05) is 4.47 Å². The Labute approximate surface area is 145 Å². The third-order valence-corrected chi connectivity index (χ3v) is 3.50. The lowest BCUT2D eigenvalue weighted by Crippen LogP contribution is -2.21. The monoisotopic (exact) mass is 396 g/mol. The first-order chi connectivity index (χ1) is 11.4. The lowest BCUT2D eigenvalue weighted by Gasteiger charge is -2.09. The van der Waals surface area contributed by atoms with Gasteiger partial charge in [0.25, 0.3) is 5.91 Å². The van der Waals surface area contributed by atoms with Gasteiger partial charge in [0.05, 0.1) is 24.0 Å². The van der Waals surface area contributed by atoms with E-state index >= 15 is 0 Å². The molecule has 2 aromatic carbocycles. The molecule has 0 aliphatic carbocycles. The van der Waals surface area contributed by atoms with Gasteiger partial charge in [-0.3, -0.25) is 4.79 Å². The highest BCUT2D eigenvalue weighted by atomic mass is 79.9. The fourth-order valence-corrected chi connectivity index (χ4v) is 2.19. The van der Waals surface area contributed by atoms with Gasteiger partial charge in [-0.2, -0.15) is 0 Å². The molecular weight excluding hydrogens is 383 g/mol. The van der Waals surface area contributed by atoms with Crippen molar-refractivity contribution in [1.82, 2.24) is 0 Å². The predicted octanol–water partition coefficient (Wildman–Crippen LogP) is 2.97. The van der Waals surface area contributed by atoms with E-state index in [-0.39, 0.29) is 16.9 Å². The van der Waals surface area contributed by atoms with Crippen molar-refractivity contribution in [3.8, 4) is 5.75 Å². The van der Waals surface area contributed by atoms with Crippen LogP contribution in [0.4, 0.5) is 15.8 Å². The van der Waals surface area contributed by atoms with E-state index in [1.807, 2.05) is 0 Å². The van der Waals surface area contributed by atoms with Crippen molar-refractivity contribution < 1.29 is 23.5 Å². The summed E-state index contributed by atoms with van der Waals surface area (Å²) in [6, 6.07) is 8.54. The molecule has 0 spiro atoms. The minimum atomic E-state index is -0.726. The fraction of sp³-hybridized carbons (Fsp3) is 0.125. The Hall–Kier alpha value is -2.61. The van der Waals surface area contributed by atoms with Crippen LogP contribution in [0.2, 0.25) is 0 Å². The van der Waals surface area contributed by atoms with Crippen molar-refractivity contribution in [3.63, 3.8) is 0 Å². The number of anilines is 2. The first-order valence-electron chi connectivity index (χ1n) is 6.76. The lowest BCUT2D eigenvalue weighted by molar-refractivity contribution is -0.119. The molecule has 0 aromatic heterocycles. The van der Waals surface area contributed by atoms with Crippen molar-refractivity contribution in [2.75, 3.05) is 24.8 Å². The number of nitrogens with one attached hydrogen (secondary N) is 1. The summed E-state index contributed by atoms with van der Waals surface area (Å²) in [7, 11) is 1.45. The molecule has 2 rings (SSSR count). The van der Waals surface area contributed by atoms with Gasteiger partial charge < -0.3 is 20.5 Å². The average molecular weight is 397 g/mol. The topological polar surface area (TPSA) is 90.6 Å². The number of hydrogen-bond acceptors (Lipinski definition) is 5. The summed E-state index contributed by atoms with van der Waals surface area (Å²) in [6.45, 7) is -0.555. The molecule has 8 heteroatoms. The van der Waals surface area contributed by atoms with Crippen LogP contribution in [-0.4, -0.2) is 25.6 Å². The maximum Gasteiger partial charge on any atom is 0.338 e. The highest BCUT2D eigenvalue weighted by Gasteiger charge is 2.13. The summed E-state index contributed by atoms with van der Waals surface area (Å²) in [5, 5.41) is 2.32. The van der Waals surface area contributed by atoms with Gasteiger partial charge in [-0.25, -0.2) is 9.18 Å². The Bertz CT molecular complexity index is 783. The lowest BCUT2D eigenvalue weighted by atomic mass is 10.2. The molecule has 126 valence electrons. The maximum atomic E-state index is 13.6. The van der Waals surface area contributed by atoms with Gasteiger partial charge in [-0.05, 0) is 36.4 Å². The molecule has 0 bridgehead atoms. The van der Waals surface area contributed by atoms with Crippen LogP contribution in [0.25, 0.3) is 0 Å². The van der Waals surface area contributed by atoms with Crippen molar-refractivity contribution >= 4 is 39.2 Å². The highest BCUT2D eigenvalue weighted by Crippen LogP contribution is 2.22. The van der Waals surface area contributed by atoms with E-state index < -0.39 is 24.3 Å². The quantitative estimate of drug-likeness (QED) is 0.598. The molecule has 0 saturated heterocycles. The van der Waals surface area contributed by atoms with Crippen LogP contribution in [0.3, 0.4) is 0 Å². The van der Waals surface area contributed by atoms with Crippen LogP contribution in [0, 0.1) is 5.82 Å². The molecule has 1 amide bonds. The number of amides is 1. The van der Waals surface area contributed by atoms with Crippen molar-refractivity contribution in [3.05, 3.63) is 52.3 Å². The second-order valence-corrected chi connectivity index (χ2v) is 5.62. The second-order valence-electron chi connectivity index (χ2n) is 4.71. The fourth-order valence-electron chi connectivity index (χ4n) is 1.85. The Morgan fingerprint density at radius 3 is 2.62 bits per heavy atom. The van der Waals surface area contributed by atoms with Crippen LogP contribution in [-0.2, 0) is 9.53 Å². The van der Waals surface area contributed by atoms with Gasteiger partial charge in [0.2, 0.25) is 0 Å². The largest absolute Gasteiger partial charge is 0.495 e. The van der Waals surface area contributed by atoms with Gasteiger partial charge in [-0.1, -0.05) is 15.9 Å². The first kappa shape index (κ1) is 17.7. The third kappa shape index (κ3) is 4.45. The third-order valence-electron chi connectivity index (χ3n) is 3.00. The zero-order valence-corrected chi connectivity index (χ0v) is 14.2. The molecule has 2 aromatic rings. The predicted molar refractivity (Wildman–Crippen MR) is 90.4 cm³/mol. The molecule has 0 unspecified atom stereocenters. The molecule has 0 saturated carbocycles. The van der Waals surface area contributed by atoms with Gasteiger partial charge in [0.1, 0.15) is 11.6 Å². The number of carbonyl (C=O) groups is 2. The Morgan fingerprint density at radius 1 is 1.25 bits per heavy atom. The number of benzene rings is 2. The molecular formula is C16H14BrFN2O4. The number of hydrogen-bond donors (Lipinski definition) is 2. The summed E-state index contributed by atoms with van der Waals surface area (Å²) in [6.07, 6.45) is 0. The minimum Gasteiger partial charge on any atom is -0.495 e. The van der Waals surface area contributed by atoms with E-state index in [1.54, 1.807) is 6.07 Å². The SMILES string of the molecule is COc1ccc(C(=O)OCC(=O)Nc2ccc(Br)cc2F)cc1N. The zero-order valence-electron chi connectivity index (χ0n) is 12.6. The molecule has 0 aliphatic heterocycles. The molecule has 0 heterocycles. The number of halogens is 2. The molecule has 0 aliphatic rings. The minimum absolute atomic E-state index is 0.00654. The molecule has 0 fully saturated rings. The summed E-state index contributed by atoms with van der Waals surface area (Å²) < 4.78 is 24.0. The van der Waals surface area contributed by atoms with Gasteiger partial charge in [-0.15, -0.1) is 0 Å². The van der Waals surface area contributed by atoms with Crippen LogP contribution in [0.1, 0.15) is 10.4 Å². The summed E-state index contributed by atoms with van der Waals surface area (Å²) in [5.41, 5.74) is 6.14. The number of carbonyl (C=O) groups excluding carboxylic acids is 2. The Morgan fingerprint density at radius 2 is 2.00 bits per heavy atom. The number of rotatable bonds is 5. The van der Waals surface area contributed by atoms with E-state index in [0.717, 1.165) is 0 Å². The van der Waals surface area contributed by atoms with Crippen LogP contribution in [0.5, 0.6) is 5.75 Å². The van der Waals surface area contributed by atoms with E-state index in [1.165, 1.54) is 37.4 Å². The van der Waals surface area contributed by atoms with Crippen molar-refractivity contribution in [2.45, 2.75) is 0 Å². The van der Waals surface area contributed by atoms with Crippen LogP contribution < -0.4 is 15.8 Å². The number of nitrogen functional groups attached to an aromatic ring is 1. The van der Waals surface area contributed by atoms with Gasteiger partial charge >= 0.3 is 5.97 Å². The number of esters is 1. The average Bonchev–Trinajstić information content (AvgIpc) is 2.55. The molecule has 0 radical (unpaired) electrons. The molecule has 3 N–H and O–H groups in total. The smallest absolute Gasteiger partial charge is 0.338 e. The van der Waals surface area contributed by atoms with E-state index in [9.17, 15) is 14.0 Å². The normalized spacial score (nSPS) is 10.1. The van der Waals surface area contributed by atoms with E-state index in [0.29, 0.717) is 10.2 Å². The summed E-state index contributed by atoms with van der Waals surface area (Å²) >= 11 is 3.11. The van der Waals surface area contributed by atoms with Crippen LogP contribution >= 0.6 is 15.9 Å². The van der Waals surface area contributed by atoms with E-state index in [2.05, 4.69) is 21.2 Å². The summed E-state index contributed by atoms with van der Waals surface area (Å²) in [5.74, 6) is -1.57. The second kappa shape index (κ2) is 7.78. The first-order valence-corrected chi connectivity index (χ1v) is 7.55. The maximum absolute atomic E-state index is 13.6. The summed E-state index contributed by atoms with van der Waals surface area (Å²) in [4.78, 5) is 23.6. The Kier molecular flexibility index (Phi) is 5.75. The molecule has 6 nitrogen and oxygen atoms in total. The Balaban J connectivity index is 1.93. The van der Waals surface area contributed by atoms with E-state index in [4.69, 9.17) is 15.2 Å². The number of methoxy groups -OCH3 is 1. The standard InChI is InChI=1S/C16H14BrFN2O4/c1-23-14-5-2-9(6-12(14)19)16(22)24-8-15(21)20-13-4-3-10(17)7-11(13)18/h2-7H,8,19H2,1H3,(H,20,21).